The first-order chi connectivity index (χ1) is 16.0. The third kappa shape index (κ3) is 5.43. The Labute approximate surface area is 197 Å². The van der Waals surface area contributed by atoms with Crippen molar-refractivity contribution in [1.29, 1.82) is 0 Å². The van der Waals surface area contributed by atoms with E-state index in [9.17, 15) is 0 Å². The van der Waals surface area contributed by atoms with Crippen LogP contribution in [0.3, 0.4) is 0 Å². The Morgan fingerprint density at radius 1 is 1.03 bits per heavy atom. The Hall–Kier alpha value is -2.76. The number of aryl methyl sites for hydroxylation is 3. The summed E-state index contributed by atoms with van der Waals surface area (Å²) >= 11 is 0. The first-order valence-electron chi connectivity index (χ1n) is 12.1. The van der Waals surface area contributed by atoms with E-state index in [-0.39, 0.29) is 12.2 Å². The topological polar surface area (TPSA) is 47.5 Å². The van der Waals surface area contributed by atoms with Gasteiger partial charge in [-0.25, -0.2) is 0 Å². The van der Waals surface area contributed by atoms with Gasteiger partial charge in [-0.1, -0.05) is 32.0 Å². The molecule has 1 aliphatic heterocycles. The minimum Gasteiger partial charge on any atom is -0.455 e. The molecule has 0 saturated carbocycles. The van der Waals surface area contributed by atoms with Crippen LogP contribution in [0.15, 0.2) is 48.8 Å². The Kier molecular flexibility index (Phi) is 7.41. The molecule has 2 atom stereocenters. The molecule has 0 N–H and O–H groups in total. The monoisotopic (exact) mass is 445 g/mol. The van der Waals surface area contributed by atoms with E-state index in [4.69, 9.17) is 14.5 Å². The third-order valence-corrected chi connectivity index (χ3v) is 6.28. The highest BCUT2D eigenvalue weighted by Gasteiger charge is 2.25. The molecule has 0 aliphatic carbocycles. The molecule has 1 aromatic carbocycles. The van der Waals surface area contributed by atoms with Gasteiger partial charge in [-0.2, -0.15) is 0 Å². The predicted octanol–water partition coefficient (Wildman–Crippen LogP) is 5.98. The molecule has 0 amide bonds. The summed E-state index contributed by atoms with van der Waals surface area (Å²) in [5, 5.41) is 0. The highest BCUT2D eigenvalue weighted by atomic mass is 16.5. The maximum Gasteiger partial charge on any atom is 0.145 e. The lowest BCUT2D eigenvalue weighted by Gasteiger charge is -2.35. The maximum atomic E-state index is 6.43. The van der Waals surface area contributed by atoms with E-state index in [1.54, 1.807) is 12.4 Å². The van der Waals surface area contributed by atoms with Crippen LogP contribution >= 0.6 is 0 Å². The van der Waals surface area contributed by atoms with Crippen molar-refractivity contribution in [3.8, 4) is 22.8 Å². The Balaban J connectivity index is 1.79. The minimum atomic E-state index is 0.215. The van der Waals surface area contributed by atoms with Crippen LogP contribution in [0.1, 0.15) is 50.1 Å². The molecule has 33 heavy (non-hydrogen) atoms. The van der Waals surface area contributed by atoms with Crippen molar-refractivity contribution in [3.63, 3.8) is 0 Å². The zero-order valence-corrected chi connectivity index (χ0v) is 20.5. The second kappa shape index (κ2) is 10.4. The number of hydrogen-bond donors (Lipinski definition) is 0. The van der Waals surface area contributed by atoms with Crippen molar-refractivity contribution in [2.45, 2.75) is 66.2 Å². The van der Waals surface area contributed by atoms with Gasteiger partial charge in [-0.05, 0) is 56.9 Å². The van der Waals surface area contributed by atoms with Gasteiger partial charge in [-0.3, -0.25) is 14.9 Å². The molecule has 0 bridgehead atoms. The molecule has 4 rings (SSSR count). The summed E-state index contributed by atoms with van der Waals surface area (Å²) in [6.45, 7) is 13.4. The highest BCUT2D eigenvalue weighted by molar-refractivity contribution is 5.70. The summed E-state index contributed by atoms with van der Waals surface area (Å²) in [5.74, 6) is 1.59. The largest absolute Gasteiger partial charge is 0.455 e. The van der Waals surface area contributed by atoms with Crippen molar-refractivity contribution < 1.29 is 9.47 Å². The second-order valence-corrected chi connectivity index (χ2v) is 8.97. The molecule has 3 heterocycles. The fourth-order valence-electron chi connectivity index (χ4n) is 4.82. The van der Waals surface area contributed by atoms with Crippen LogP contribution in [0, 0.1) is 6.92 Å². The van der Waals surface area contributed by atoms with Gasteiger partial charge < -0.3 is 9.47 Å². The van der Waals surface area contributed by atoms with E-state index in [0.29, 0.717) is 0 Å². The summed E-state index contributed by atoms with van der Waals surface area (Å²) in [7, 11) is 0. The number of hydrogen-bond acceptors (Lipinski definition) is 5. The molecular weight excluding hydrogens is 410 g/mol. The van der Waals surface area contributed by atoms with Gasteiger partial charge in [0.2, 0.25) is 0 Å². The van der Waals surface area contributed by atoms with Crippen LogP contribution in [0.4, 0.5) is 0 Å². The normalized spacial score (nSPS) is 18.9. The molecule has 5 heteroatoms. The summed E-state index contributed by atoms with van der Waals surface area (Å²) < 4.78 is 12.4. The number of pyridine rings is 2. The molecule has 1 aliphatic rings. The zero-order chi connectivity index (χ0) is 23.4. The second-order valence-electron chi connectivity index (χ2n) is 8.97. The van der Waals surface area contributed by atoms with Crippen molar-refractivity contribution in [2.24, 2.45) is 0 Å². The molecule has 3 aromatic rings. The summed E-state index contributed by atoms with van der Waals surface area (Å²) in [6.07, 6.45) is 5.89. The van der Waals surface area contributed by atoms with Gasteiger partial charge in [0.15, 0.2) is 0 Å². The standard InChI is InChI=1S/C28H35N3O2/c1-6-22-10-8-11-23(7-2)28(22)26-14-27(33-24-12-9-13-29-15-24)25(21(5)30-26)18-31-16-19(3)32-20(4)17-31/h8-15,19-20H,6-7,16-18H2,1-5H3/t19-,20-/m1/s1. The van der Waals surface area contributed by atoms with E-state index in [1.165, 1.54) is 16.7 Å². The average molecular weight is 446 g/mol. The molecule has 5 nitrogen and oxygen atoms in total. The summed E-state index contributed by atoms with van der Waals surface area (Å²) in [6, 6.07) is 12.5. The molecule has 1 fully saturated rings. The van der Waals surface area contributed by atoms with Crippen molar-refractivity contribution >= 4 is 0 Å². The Morgan fingerprint density at radius 2 is 1.73 bits per heavy atom. The van der Waals surface area contributed by atoms with Crippen LogP contribution in [0.2, 0.25) is 0 Å². The summed E-state index contributed by atoms with van der Waals surface area (Å²) in [5.41, 5.74) is 6.98. The molecule has 0 spiro atoms. The number of aromatic nitrogens is 2. The van der Waals surface area contributed by atoms with Gasteiger partial charge in [0.25, 0.3) is 0 Å². The lowest BCUT2D eigenvalue weighted by atomic mass is 9.94. The minimum absolute atomic E-state index is 0.215. The number of nitrogens with zero attached hydrogens (tertiary/aromatic N) is 3. The first-order valence-corrected chi connectivity index (χ1v) is 12.1. The number of rotatable bonds is 7. The van der Waals surface area contributed by atoms with E-state index in [1.807, 2.05) is 12.1 Å². The number of ether oxygens (including phenoxy) is 2. The van der Waals surface area contributed by atoms with Gasteiger partial charge >= 0.3 is 0 Å². The molecule has 174 valence electrons. The maximum absolute atomic E-state index is 6.43. The smallest absolute Gasteiger partial charge is 0.145 e. The molecule has 0 unspecified atom stereocenters. The van der Waals surface area contributed by atoms with Crippen molar-refractivity contribution in [1.82, 2.24) is 14.9 Å². The van der Waals surface area contributed by atoms with Crippen molar-refractivity contribution in [2.75, 3.05) is 13.1 Å². The van der Waals surface area contributed by atoms with Gasteiger partial charge in [0.1, 0.15) is 11.5 Å². The fraction of sp³-hybridized carbons (Fsp3) is 0.429. The predicted molar refractivity (Wildman–Crippen MR) is 133 cm³/mol. The Bertz CT molecular complexity index is 1050. The van der Waals surface area contributed by atoms with E-state index >= 15 is 0 Å². The van der Waals surface area contributed by atoms with Crippen LogP contribution in [0.25, 0.3) is 11.3 Å². The van der Waals surface area contributed by atoms with Crippen molar-refractivity contribution in [3.05, 3.63) is 71.2 Å². The van der Waals surface area contributed by atoms with E-state index < -0.39 is 0 Å². The van der Waals surface area contributed by atoms with Crippen LogP contribution in [-0.2, 0) is 24.1 Å². The fourth-order valence-corrected chi connectivity index (χ4v) is 4.82. The lowest BCUT2D eigenvalue weighted by molar-refractivity contribution is -0.0706. The van der Waals surface area contributed by atoms with Gasteiger partial charge in [-0.15, -0.1) is 0 Å². The summed E-state index contributed by atoms with van der Waals surface area (Å²) in [4.78, 5) is 11.8. The zero-order valence-electron chi connectivity index (χ0n) is 20.5. The van der Waals surface area contributed by atoms with Crippen LogP contribution in [0.5, 0.6) is 11.5 Å². The number of morpholine rings is 1. The van der Waals surface area contributed by atoms with Gasteiger partial charge in [0, 0.05) is 48.7 Å². The van der Waals surface area contributed by atoms with E-state index in [2.05, 4.69) is 68.8 Å². The Morgan fingerprint density at radius 3 is 2.33 bits per heavy atom. The molecule has 2 aromatic heterocycles. The first kappa shape index (κ1) is 23.4. The average Bonchev–Trinajstić information content (AvgIpc) is 2.80. The van der Waals surface area contributed by atoms with Crippen LogP contribution in [-0.4, -0.2) is 40.2 Å². The molecular formula is C28H35N3O2. The number of benzene rings is 1. The van der Waals surface area contributed by atoms with Gasteiger partial charge in [0.05, 0.1) is 24.1 Å². The molecule has 0 radical (unpaired) electrons. The molecule has 1 saturated heterocycles. The lowest BCUT2D eigenvalue weighted by Crippen LogP contribution is -2.45. The quantitative estimate of drug-likeness (QED) is 0.448. The third-order valence-electron chi connectivity index (χ3n) is 6.28. The highest BCUT2D eigenvalue weighted by Crippen LogP contribution is 2.35. The van der Waals surface area contributed by atoms with E-state index in [0.717, 1.165) is 60.9 Å². The van der Waals surface area contributed by atoms with Crippen LogP contribution < -0.4 is 4.74 Å². The SMILES string of the molecule is CCc1cccc(CC)c1-c1cc(Oc2cccnc2)c(CN2C[C@@H](C)O[C@H](C)C2)c(C)n1.